The molecule has 0 aromatic heterocycles. The van der Waals surface area contributed by atoms with Crippen molar-refractivity contribution in [3.8, 4) is 0 Å². The zero-order chi connectivity index (χ0) is 12.0. The maximum absolute atomic E-state index is 11.1. The van der Waals surface area contributed by atoms with Gasteiger partial charge in [-0.25, -0.2) is 0 Å². The van der Waals surface area contributed by atoms with Gasteiger partial charge in [-0.2, -0.15) is 0 Å². The summed E-state index contributed by atoms with van der Waals surface area (Å²) in [6, 6.07) is 0.558. The third-order valence-electron chi connectivity index (χ3n) is 3.36. The monoisotopic (exact) mass is 227 g/mol. The Morgan fingerprint density at radius 1 is 1.31 bits per heavy atom. The van der Waals surface area contributed by atoms with Gasteiger partial charge < -0.3 is 10.4 Å². The minimum absolute atomic E-state index is 0.220. The number of hydrogen-bond acceptors (Lipinski definition) is 2. The van der Waals surface area contributed by atoms with Gasteiger partial charge in [0.25, 0.3) is 0 Å². The maximum Gasteiger partial charge on any atom is 0.307 e. The minimum Gasteiger partial charge on any atom is -0.481 e. The van der Waals surface area contributed by atoms with E-state index in [9.17, 15) is 4.79 Å². The molecule has 0 aromatic carbocycles. The molecule has 0 aliphatic heterocycles. The second kappa shape index (κ2) is 6.89. The molecule has 1 unspecified atom stereocenters. The van der Waals surface area contributed by atoms with Gasteiger partial charge in [0.1, 0.15) is 0 Å². The van der Waals surface area contributed by atoms with Crippen LogP contribution in [0.1, 0.15) is 52.4 Å². The molecule has 1 rings (SSSR count). The van der Waals surface area contributed by atoms with Gasteiger partial charge in [-0.3, -0.25) is 4.79 Å². The zero-order valence-corrected chi connectivity index (χ0v) is 10.5. The third kappa shape index (κ3) is 4.97. The summed E-state index contributed by atoms with van der Waals surface area (Å²) in [7, 11) is 0. The summed E-state index contributed by atoms with van der Waals surface area (Å²) in [4.78, 5) is 11.1. The third-order valence-corrected chi connectivity index (χ3v) is 3.36. The van der Waals surface area contributed by atoms with E-state index in [0.29, 0.717) is 18.5 Å². The van der Waals surface area contributed by atoms with Crippen LogP contribution in [0.5, 0.6) is 0 Å². The van der Waals surface area contributed by atoms with E-state index in [4.69, 9.17) is 5.11 Å². The molecule has 94 valence electrons. The number of carboxylic acid groups (broad SMARTS) is 1. The Morgan fingerprint density at radius 2 is 1.94 bits per heavy atom. The van der Waals surface area contributed by atoms with Crippen molar-refractivity contribution in [1.82, 2.24) is 5.32 Å². The molecule has 1 aliphatic carbocycles. The molecule has 0 bridgehead atoms. The van der Waals surface area contributed by atoms with Crippen molar-refractivity contribution in [2.24, 2.45) is 11.8 Å². The van der Waals surface area contributed by atoms with Gasteiger partial charge in [0, 0.05) is 12.6 Å². The summed E-state index contributed by atoms with van der Waals surface area (Å²) >= 11 is 0. The molecule has 0 radical (unpaired) electrons. The van der Waals surface area contributed by atoms with E-state index in [1.54, 1.807) is 0 Å². The summed E-state index contributed by atoms with van der Waals surface area (Å²) in [6.07, 6.45) is 7.13. The average Bonchev–Trinajstić information content (AvgIpc) is 2.25. The topological polar surface area (TPSA) is 49.3 Å². The predicted molar refractivity (Wildman–Crippen MR) is 65.5 cm³/mol. The first-order chi connectivity index (χ1) is 7.59. The molecular formula is C13H25NO2. The van der Waals surface area contributed by atoms with Crippen LogP contribution in [-0.2, 0) is 4.79 Å². The molecule has 1 aliphatic rings. The summed E-state index contributed by atoms with van der Waals surface area (Å²) in [6.45, 7) is 4.80. The van der Waals surface area contributed by atoms with Crippen LogP contribution in [0.25, 0.3) is 0 Å². The molecule has 2 N–H and O–H groups in total. The predicted octanol–water partition coefficient (Wildman–Crippen LogP) is 2.66. The van der Waals surface area contributed by atoms with Crippen molar-refractivity contribution >= 4 is 5.97 Å². The van der Waals surface area contributed by atoms with Gasteiger partial charge in [0.15, 0.2) is 0 Å². The molecule has 0 spiro atoms. The second-order valence-electron chi connectivity index (χ2n) is 5.41. The number of nitrogens with one attached hydrogen (secondary N) is 1. The summed E-state index contributed by atoms with van der Waals surface area (Å²) in [5.74, 6) is -0.423. The normalized spacial score (nSPS) is 19.9. The van der Waals surface area contributed by atoms with Crippen LogP contribution in [0.3, 0.4) is 0 Å². The fourth-order valence-corrected chi connectivity index (χ4v) is 2.46. The van der Waals surface area contributed by atoms with Gasteiger partial charge in [-0.1, -0.05) is 33.1 Å². The highest BCUT2D eigenvalue weighted by Crippen LogP contribution is 2.18. The van der Waals surface area contributed by atoms with Crippen LogP contribution in [0.15, 0.2) is 0 Å². The molecule has 0 heterocycles. The van der Waals surface area contributed by atoms with E-state index in [2.05, 4.69) is 19.2 Å². The first kappa shape index (κ1) is 13.5. The van der Waals surface area contributed by atoms with Crippen LogP contribution in [0, 0.1) is 11.8 Å². The lowest BCUT2D eigenvalue weighted by atomic mass is 9.93. The SMILES string of the molecule is CC(C)CC(CNC1CCCCC1)C(=O)O. The van der Waals surface area contributed by atoms with Gasteiger partial charge >= 0.3 is 5.97 Å². The largest absolute Gasteiger partial charge is 0.481 e. The molecule has 0 saturated heterocycles. The number of aliphatic carboxylic acids is 1. The Bertz CT molecular complexity index is 210. The van der Waals surface area contributed by atoms with Crippen LogP contribution in [0.4, 0.5) is 0 Å². The van der Waals surface area contributed by atoms with Crippen molar-refractivity contribution in [2.75, 3.05) is 6.54 Å². The standard InChI is InChI=1S/C13H25NO2/c1-10(2)8-11(13(15)16)9-14-12-6-4-3-5-7-12/h10-12,14H,3-9H2,1-2H3,(H,15,16). The second-order valence-corrected chi connectivity index (χ2v) is 5.41. The van der Waals surface area contributed by atoms with Gasteiger partial charge in [-0.15, -0.1) is 0 Å². The van der Waals surface area contributed by atoms with Crippen LogP contribution in [0.2, 0.25) is 0 Å². The van der Waals surface area contributed by atoms with E-state index in [1.165, 1.54) is 32.1 Å². The average molecular weight is 227 g/mol. The van der Waals surface area contributed by atoms with Gasteiger partial charge in [-0.05, 0) is 25.2 Å². The lowest BCUT2D eigenvalue weighted by Gasteiger charge is -2.25. The first-order valence-corrected chi connectivity index (χ1v) is 6.55. The fraction of sp³-hybridized carbons (Fsp3) is 0.923. The number of hydrogen-bond donors (Lipinski definition) is 2. The Labute approximate surface area is 98.6 Å². The molecule has 0 aromatic rings. The summed E-state index contributed by atoms with van der Waals surface area (Å²) in [5, 5.41) is 12.5. The van der Waals surface area contributed by atoms with Crippen molar-refractivity contribution in [3.63, 3.8) is 0 Å². The Kier molecular flexibility index (Phi) is 5.81. The molecular weight excluding hydrogens is 202 g/mol. The molecule has 16 heavy (non-hydrogen) atoms. The van der Waals surface area contributed by atoms with Crippen molar-refractivity contribution in [1.29, 1.82) is 0 Å². The minimum atomic E-state index is -0.656. The smallest absolute Gasteiger partial charge is 0.307 e. The molecule has 3 heteroatoms. The van der Waals surface area contributed by atoms with Crippen LogP contribution in [-0.4, -0.2) is 23.7 Å². The first-order valence-electron chi connectivity index (χ1n) is 6.55. The van der Waals surface area contributed by atoms with E-state index >= 15 is 0 Å². The van der Waals surface area contributed by atoms with Crippen molar-refractivity contribution in [3.05, 3.63) is 0 Å². The lowest BCUT2D eigenvalue weighted by molar-refractivity contribution is -0.142. The molecule has 1 atom stereocenters. The highest BCUT2D eigenvalue weighted by molar-refractivity contribution is 5.70. The quantitative estimate of drug-likeness (QED) is 0.733. The van der Waals surface area contributed by atoms with E-state index < -0.39 is 5.97 Å². The van der Waals surface area contributed by atoms with Crippen molar-refractivity contribution in [2.45, 2.75) is 58.4 Å². The Morgan fingerprint density at radius 3 is 2.44 bits per heavy atom. The Balaban J connectivity index is 2.28. The Hall–Kier alpha value is -0.570. The van der Waals surface area contributed by atoms with Gasteiger partial charge in [0.2, 0.25) is 0 Å². The zero-order valence-electron chi connectivity index (χ0n) is 10.5. The maximum atomic E-state index is 11.1. The van der Waals surface area contributed by atoms with Crippen molar-refractivity contribution < 1.29 is 9.90 Å². The number of carboxylic acids is 1. The van der Waals surface area contributed by atoms with E-state index in [1.807, 2.05) is 0 Å². The summed E-state index contributed by atoms with van der Waals surface area (Å²) < 4.78 is 0. The fourth-order valence-electron chi connectivity index (χ4n) is 2.46. The highest BCUT2D eigenvalue weighted by Gasteiger charge is 2.21. The molecule has 0 amide bonds. The molecule has 1 saturated carbocycles. The van der Waals surface area contributed by atoms with Crippen LogP contribution < -0.4 is 5.32 Å². The van der Waals surface area contributed by atoms with Gasteiger partial charge in [0.05, 0.1) is 5.92 Å². The highest BCUT2D eigenvalue weighted by atomic mass is 16.4. The molecule has 1 fully saturated rings. The summed E-state index contributed by atoms with van der Waals surface area (Å²) in [5.41, 5.74) is 0. The number of rotatable bonds is 6. The van der Waals surface area contributed by atoms with Crippen LogP contribution >= 0.6 is 0 Å². The van der Waals surface area contributed by atoms with E-state index in [-0.39, 0.29) is 5.92 Å². The number of carbonyl (C=O) groups is 1. The van der Waals surface area contributed by atoms with E-state index in [0.717, 1.165) is 6.42 Å². The lowest BCUT2D eigenvalue weighted by Crippen LogP contribution is -2.37. The molecule has 3 nitrogen and oxygen atoms in total.